The molecule has 10 heteroatoms. The Labute approximate surface area is 216 Å². The molecule has 5 rings (SSSR count). The number of methoxy groups -OCH3 is 2. The summed E-state index contributed by atoms with van der Waals surface area (Å²) in [5.74, 6) is -1.25. The summed E-state index contributed by atoms with van der Waals surface area (Å²) in [6.07, 6.45) is 0. The SMILES string of the molecule is COc1ccc(C2/C(=C(\O)c3ccc4c(c3)OCCO4)C(=O)C(=O)N2c2ccc(F)c(Cl)c2)cc1OC. The van der Waals surface area contributed by atoms with E-state index in [9.17, 15) is 19.1 Å². The fourth-order valence-corrected chi connectivity index (χ4v) is 4.59. The van der Waals surface area contributed by atoms with Crippen molar-refractivity contribution in [3.63, 3.8) is 0 Å². The molecule has 190 valence electrons. The molecule has 1 unspecified atom stereocenters. The van der Waals surface area contributed by atoms with Gasteiger partial charge in [0.05, 0.1) is 30.9 Å². The third-order valence-electron chi connectivity index (χ3n) is 6.16. The number of benzene rings is 3. The molecule has 1 atom stereocenters. The molecule has 0 spiro atoms. The molecule has 2 aliphatic heterocycles. The fraction of sp³-hybridized carbons (Fsp3) is 0.185. The van der Waals surface area contributed by atoms with Gasteiger partial charge < -0.3 is 24.1 Å². The average molecular weight is 526 g/mol. The molecular weight excluding hydrogens is 505 g/mol. The van der Waals surface area contributed by atoms with Crippen molar-refractivity contribution in [1.29, 1.82) is 0 Å². The number of carbonyl (C=O) groups is 2. The van der Waals surface area contributed by atoms with Crippen LogP contribution in [-0.2, 0) is 9.59 Å². The number of anilines is 1. The molecule has 1 amide bonds. The molecule has 0 radical (unpaired) electrons. The first kappa shape index (κ1) is 24.5. The summed E-state index contributed by atoms with van der Waals surface area (Å²) in [5.41, 5.74) is 0.699. The summed E-state index contributed by atoms with van der Waals surface area (Å²) < 4.78 is 35.8. The highest BCUT2D eigenvalue weighted by molar-refractivity contribution is 6.51. The lowest BCUT2D eigenvalue weighted by atomic mass is 9.94. The minimum absolute atomic E-state index is 0.172. The van der Waals surface area contributed by atoms with Crippen LogP contribution in [0.2, 0.25) is 5.02 Å². The molecule has 1 fully saturated rings. The smallest absolute Gasteiger partial charge is 0.300 e. The minimum Gasteiger partial charge on any atom is -0.507 e. The van der Waals surface area contributed by atoms with Gasteiger partial charge in [0.25, 0.3) is 11.7 Å². The third-order valence-corrected chi connectivity index (χ3v) is 6.45. The van der Waals surface area contributed by atoms with E-state index in [0.29, 0.717) is 41.8 Å². The van der Waals surface area contributed by atoms with E-state index in [1.807, 2.05) is 0 Å². The highest BCUT2D eigenvalue weighted by atomic mass is 35.5. The van der Waals surface area contributed by atoms with Gasteiger partial charge in [-0.2, -0.15) is 0 Å². The number of rotatable bonds is 5. The summed E-state index contributed by atoms with van der Waals surface area (Å²) in [5, 5.41) is 11.1. The number of fused-ring (bicyclic) bond motifs is 1. The second kappa shape index (κ2) is 9.67. The Balaban J connectivity index is 1.72. The summed E-state index contributed by atoms with van der Waals surface area (Å²) >= 11 is 6.00. The summed E-state index contributed by atoms with van der Waals surface area (Å²) in [4.78, 5) is 27.9. The molecular formula is C27H21ClFNO7. The quantitative estimate of drug-likeness (QED) is 0.288. The standard InChI is InChI=1S/C27H21ClFNO7/c1-34-19-7-3-14(11-21(19)35-2)24-23(25(31)15-4-8-20-22(12-15)37-10-9-36-20)26(32)27(33)30(24)16-5-6-18(29)17(28)13-16/h3-8,11-13,24,31H,9-10H2,1-2H3/b25-23+. The van der Waals surface area contributed by atoms with Crippen molar-refractivity contribution >= 4 is 34.7 Å². The highest BCUT2D eigenvalue weighted by Crippen LogP contribution is 2.45. The van der Waals surface area contributed by atoms with Crippen molar-refractivity contribution in [2.75, 3.05) is 32.3 Å². The number of carbonyl (C=O) groups excluding carboxylic acids is 2. The van der Waals surface area contributed by atoms with E-state index in [1.165, 1.54) is 37.3 Å². The third kappa shape index (κ3) is 4.21. The van der Waals surface area contributed by atoms with Gasteiger partial charge in [0.15, 0.2) is 23.0 Å². The predicted octanol–water partition coefficient (Wildman–Crippen LogP) is 4.89. The van der Waals surface area contributed by atoms with Crippen LogP contribution in [0.4, 0.5) is 10.1 Å². The lowest BCUT2D eigenvalue weighted by Gasteiger charge is -2.26. The number of ketones is 1. The molecule has 0 saturated carbocycles. The van der Waals surface area contributed by atoms with Crippen LogP contribution in [-0.4, -0.2) is 44.2 Å². The molecule has 2 heterocycles. The zero-order valence-corrected chi connectivity index (χ0v) is 20.5. The maximum atomic E-state index is 13.9. The van der Waals surface area contributed by atoms with Gasteiger partial charge in [-0.05, 0) is 54.1 Å². The van der Waals surface area contributed by atoms with E-state index < -0.39 is 29.3 Å². The van der Waals surface area contributed by atoms with E-state index in [2.05, 4.69) is 0 Å². The average Bonchev–Trinajstić information content (AvgIpc) is 3.19. The molecule has 0 bridgehead atoms. The predicted molar refractivity (Wildman–Crippen MR) is 133 cm³/mol. The number of aliphatic hydroxyl groups is 1. The highest BCUT2D eigenvalue weighted by Gasteiger charge is 2.47. The van der Waals surface area contributed by atoms with Gasteiger partial charge in [-0.1, -0.05) is 17.7 Å². The number of nitrogens with zero attached hydrogens (tertiary/aromatic N) is 1. The lowest BCUT2D eigenvalue weighted by molar-refractivity contribution is -0.132. The van der Waals surface area contributed by atoms with Crippen molar-refractivity contribution in [3.8, 4) is 23.0 Å². The summed E-state index contributed by atoms with van der Waals surface area (Å²) in [7, 11) is 2.93. The summed E-state index contributed by atoms with van der Waals surface area (Å²) in [6.45, 7) is 0.724. The first-order chi connectivity index (χ1) is 17.8. The van der Waals surface area contributed by atoms with Crippen molar-refractivity contribution in [3.05, 3.63) is 82.1 Å². The molecule has 3 aromatic carbocycles. The minimum atomic E-state index is -1.09. The number of aliphatic hydroxyl groups excluding tert-OH is 1. The topological polar surface area (TPSA) is 94.5 Å². The zero-order chi connectivity index (χ0) is 26.3. The molecule has 1 N–H and O–H groups in total. The van der Waals surface area contributed by atoms with E-state index in [4.69, 9.17) is 30.5 Å². The first-order valence-electron chi connectivity index (χ1n) is 11.2. The number of hydrogen-bond acceptors (Lipinski definition) is 7. The Morgan fingerprint density at radius 3 is 2.41 bits per heavy atom. The van der Waals surface area contributed by atoms with Gasteiger partial charge in [0.2, 0.25) is 0 Å². The molecule has 2 aliphatic rings. The molecule has 3 aromatic rings. The second-order valence-corrected chi connectivity index (χ2v) is 8.65. The Hall–Kier alpha value is -4.24. The molecule has 37 heavy (non-hydrogen) atoms. The largest absolute Gasteiger partial charge is 0.507 e. The number of hydrogen-bond donors (Lipinski definition) is 1. The Morgan fingerprint density at radius 2 is 1.70 bits per heavy atom. The van der Waals surface area contributed by atoms with Gasteiger partial charge in [0.1, 0.15) is 24.8 Å². The molecule has 0 aliphatic carbocycles. The summed E-state index contributed by atoms with van der Waals surface area (Å²) in [6, 6.07) is 12.2. The van der Waals surface area contributed by atoms with E-state index in [0.717, 1.165) is 6.07 Å². The van der Waals surface area contributed by atoms with Crippen LogP contribution in [0.25, 0.3) is 5.76 Å². The second-order valence-electron chi connectivity index (χ2n) is 8.24. The number of Topliss-reactive ketones (excluding diaryl/α,β-unsaturated/α-hetero) is 1. The van der Waals surface area contributed by atoms with Crippen LogP contribution in [0, 0.1) is 5.82 Å². The van der Waals surface area contributed by atoms with E-state index in [1.54, 1.807) is 30.3 Å². The number of ether oxygens (including phenoxy) is 4. The first-order valence-corrected chi connectivity index (χ1v) is 11.6. The van der Waals surface area contributed by atoms with Crippen LogP contribution >= 0.6 is 11.6 Å². The zero-order valence-electron chi connectivity index (χ0n) is 19.8. The molecule has 0 aromatic heterocycles. The number of halogens is 2. The van der Waals surface area contributed by atoms with Crippen molar-refractivity contribution in [2.45, 2.75) is 6.04 Å². The number of amides is 1. The van der Waals surface area contributed by atoms with E-state index in [-0.39, 0.29) is 21.8 Å². The van der Waals surface area contributed by atoms with Gasteiger partial charge in [-0.25, -0.2) is 4.39 Å². The molecule has 1 saturated heterocycles. The maximum absolute atomic E-state index is 13.9. The van der Waals surface area contributed by atoms with Crippen LogP contribution < -0.4 is 23.8 Å². The van der Waals surface area contributed by atoms with Crippen LogP contribution in [0.5, 0.6) is 23.0 Å². The normalized spacial score (nSPS) is 18.2. The lowest BCUT2D eigenvalue weighted by Crippen LogP contribution is -2.29. The van der Waals surface area contributed by atoms with E-state index >= 15 is 0 Å². The van der Waals surface area contributed by atoms with Crippen molar-refractivity contribution < 1.29 is 38.0 Å². The van der Waals surface area contributed by atoms with Gasteiger partial charge in [0, 0.05) is 11.3 Å². The van der Waals surface area contributed by atoms with Crippen LogP contribution in [0.1, 0.15) is 17.2 Å². The van der Waals surface area contributed by atoms with Crippen LogP contribution in [0.15, 0.2) is 60.2 Å². The van der Waals surface area contributed by atoms with Crippen molar-refractivity contribution in [1.82, 2.24) is 0 Å². The van der Waals surface area contributed by atoms with Crippen LogP contribution in [0.3, 0.4) is 0 Å². The van der Waals surface area contributed by atoms with Crippen molar-refractivity contribution in [2.24, 2.45) is 0 Å². The fourth-order valence-electron chi connectivity index (χ4n) is 4.42. The Bertz CT molecular complexity index is 1450. The van der Waals surface area contributed by atoms with Gasteiger partial charge >= 0.3 is 0 Å². The Morgan fingerprint density at radius 1 is 0.973 bits per heavy atom. The van der Waals surface area contributed by atoms with Gasteiger partial charge in [-0.3, -0.25) is 14.5 Å². The maximum Gasteiger partial charge on any atom is 0.300 e. The van der Waals surface area contributed by atoms with Gasteiger partial charge in [-0.15, -0.1) is 0 Å². The molecule has 8 nitrogen and oxygen atoms in total. The Kier molecular flexibility index (Phi) is 6.39. The monoisotopic (exact) mass is 525 g/mol.